The summed E-state index contributed by atoms with van der Waals surface area (Å²) in [5.74, 6) is -1.48. The van der Waals surface area contributed by atoms with Crippen molar-refractivity contribution < 1.29 is 31.2 Å². The predicted octanol–water partition coefficient (Wildman–Crippen LogP) is 3.72. The monoisotopic (exact) mass is 442 g/mol. The van der Waals surface area contributed by atoms with Crippen LogP contribution in [0.5, 0.6) is 0 Å². The smallest absolute Gasteiger partial charge is 0.343 e. The van der Waals surface area contributed by atoms with Crippen molar-refractivity contribution in [1.82, 2.24) is 5.32 Å². The van der Waals surface area contributed by atoms with Crippen LogP contribution in [0.15, 0.2) is 47.4 Å². The lowest BCUT2D eigenvalue weighted by atomic mass is 10.1. The Kier molecular flexibility index (Phi) is 6.91. The summed E-state index contributed by atoms with van der Waals surface area (Å²) in [5.41, 5.74) is 0.982. The fourth-order valence-corrected chi connectivity index (χ4v) is 3.50. The van der Waals surface area contributed by atoms with Gasteiger partial charge < -0.3 is 10.6 Å². The van der Waals surface area contributed by atoms with Crippen LogP contribution in [0.2, 0.25) is 0 Å². The summed E-state index contributed by atoms with van der Waals surface area (Å²) in [7, 11) is -3.47. The van der Waals surface area contributed by atoms with E-state index in [1.165, 1.54) is 42.5 Å². The molecule has 0 spiro atoms. The van der Waals surface area contributed by atoms with Crippen LogP contribution in [0.25, 0.3) is 0 Å². The lowest BCUT2D eigenvalue weighted by Gasteiger charge is -2.12. The minimum absolute atomic E-state index is 0.0430. The second-order valence-electron chi connectivity index (χ2n) is 6.90. The highest BCUT2D eigenvalue weighted by atomic mass is 32.2. The molecule has 0 atom stereocenters. The molecule has 2 amide bonds. The van der Waals surface area contributed by atoms with Gasteiger partial charge in [-0.1, -0.05) is 6.07 Å². The highest BCUT2D eigenvalue weighted by Gasteiger charge is 2.28. The number of carbonyl (C=O) groups is 2. The Morgan fingerprint density at radius 2 is 1.53 bits per heavy atom. The van der Waals surface area contributed by atoms with Crippen molar-refractivity contribution in [3.05, 3.63) is 59.2 Å². The highest BCUT2D eigenvalue weighted by Crippen LogP contribution is 2.20. The van der Waals surface area contributed by atoms with E-state index in [1.807, 2.05) is 0 Å². The molecule has 2 rings (SSSR count). The van der Waals surface area contributed by atoms with E-state index in [4.69, 9.17) is 0 Å². The summed E-state index contributed by atoms with van der Waals surface area (Å²) in [5, 5.41) is 3.75. The van der Waals surface area contributed by atoms with E-state index in [9.17, 15) is 31.2 Å². The fraction of sp³-hybridized carbons (Fsp3) is 0.300. The third-order valence-corrected chi connectivity index (χ3v) is 6.43. The Morgan fingerprint density at radius 1 is 0.967 bits per heavy atom. The van der Waals surface area contributed by atoms with Crippen LogP contribution >= 0.6 is 0 Å². The molecule has 0 aliphatic carbocycles. The van der Waals surface area contributed by atoms with E-state index in [2.05, 4.69) is 5.32 Å². The van der Waals surface area contributed by atoms with E-state index in [0.29, 0.717) is 5.56 Å². The molecule has 30 heavy (non-hydrogen) atoms. The molecule has 0 aliphatic heterocycles. The number of hydrogen-bond donors (Lipinski definition) is 2. The molecule has 0 aliphatic rings. The normalized spacial score (nSPS) is 12.0. The van der Waals surface area contributed by atoms with E-state index in [-0.39, 0.29) is 21.7 Å². The number of benzene rings is 2. The molecule has 2 N–H and O–H groups in total. The maximum atomic E-state index is 12.5. The largest absolute Gasteiger partial charge is 0.405 e. The van der Waals surface area contributed by atoms with Crippen molar-refractivity contribution in [3.63, 3.8) is 0 Å². The second kappa shape index (κ2) is 8.86. The quantitative estimate of drug-likeness (QED) is 0.713. The number of carbonyl (C=O) groups excluding carboxylic acids is 2. The number of nitrogens with one attached hydrogen (secondary N) is 2. The Morgan fingerprint density at radius 3 is 2.07 bits per heavy atom. The van der Waals surface area contributed by atoms with Gasteiger partial charge in [-0.15, -0.1) is 0 Å². The number of alkyl halides is 3. The Balaban J connectivity index is 2.18. The summed E-state index contributed by atoms with van der Waals surface area (Å²) in [6.07, 6.45) is -4.54. The van der Waals surface area contributed by atoms with Crippen LogP contribution in [0, 0.1) is 6.92 Å². The molecule has 0 radical (unpaired) electrons. The van der Waals surface area contributed by atoms with Gasteiger partial charge in [-0.25, -0.2) is 8.42 Å². The summed E-state index contributed by atoms with van der Waals surface area (Å²) in [4.78, 5) is 24.5. The zero-order valence-corrected chi connectivity index (χ0v) is 17.3. The lowest BCUT2D eigenvalue weighted by Crippen LogP contribution is -2.33. The average molecular weight is 442 g/mol. The number of sulfone groups is 1. The van der Waals surface area contributed by atoms with Crippen LogP contribution < -0.4 is 10.6 Å². The number of hydrogen-bond acceptors (Lipinski definition) is 4. The standard InChI is InChI=1S/C20H21F3N2O4S/c1-12(2)30(28,29)16-8-6-14(7-9-16)19(27)25-17-10-15(5-4-13(17)3)18(26)24-11-20(21,22)23/h4-10,12H,11H2,1-3H3,(H,24,26)(H,25,27). The first kappa shape index (κ1) is 23.4. The maximum Gasteiger partial charge on any atom is 0.405 e. The Hall–Kier alpha value is -2.88. The van der Waals surface area contributed by atoms with Crippen LogP contribution in [-0.4, -0.2) is 38.2 Å². The van der Waals surface area contributed by atoms with E-state index < -0.39 is 39.6 Å². The summed E-state index contributed by atoms with van der Waals surface area (Å²) in [6.45, 7) is 3.30. The van der Waals surface area contributed by atoms with Gasteiger partial charge in [0.1, 0.15) is 6.54 Å². The molecule has 0 bridgehead atoms. The van der Waals surface area contributed by atoms with Crippen molar-refractivity contribution in [1.29, 1.82) is 0 Å². The highest BCUT2D eigenvalue weighted by molar-refractivity contribution is 7.92. The van der Waals surface area contributed by atoms with Crippen LogP contribution in [-0.2, 0) is 9.84 Å². The second-order valence-corrected chi connectivity index (χ2v) is 9.40. The number of aryl methyl sites for hydroxylation is 1. The number of rotatable bonds is 6. The minimum Gasteiger partial charge on any atom is -0.343 e. The first-order valence-corrected chi connectivity index (χ1v) is 10.5. The van der Waals surface area contributed by atoms with Gasteiger partial charge in [0.05, 0.1) is 10.1 Å². The maximum absolute atomic E-state index is 12.5. The lowest BCUT2D eigenvalue weighted by molar-refractivity contribution is -0.123. The van der Waals surface area contributed by atoms with Gasteiger partial charge in [-0.05, 0) is 62.7 Å². The van der Waals surface area contributed by atoms with Crippen molar-refractivity contribution in [2.24, 2.45) is 0 Å². The molecule has 0 saturated carbocycles. The van der Waals surface area contributed by atoms with Gasteiger partial charge in [-0.3, -0.25) is 9.59 Å². The molecule has 2 aromatic carbocycles. The fourth-order valence-electron chi connectivity index (χ4n) is 2.44. The third kappa shape index (κ3) is 5.82. The number of amides is 2. The minimum atomic E-state index is -4.54. The van der Waals surface area contributed by atoms with E-state index in [1.54, 1.807) is 26.1 Å². The van der Waals surface area contributed by atoms with Gasteiger partial charge in [0, 0.05) is 16.8 Å². The van der Waals surface area contributed by atoms with Gasteiger partial charge in [0.25, 0.3) is 11.8 Å². The predicted molar refractivity (Wildman–Crippen MR) is 106 cm³/mol. The van der Waals surface area contributed by atoms with Crippen molar-refractivity contribution in [2.75, 3.05) is 11.9 Å². The van der Waals surface area contributed by atoms with Crippen molar-refractivity contribution in [3.8, 4) is 0 Å². The SMILES string of the molecule is Cc1ccc(C(=O)NCC(F)(F)F)cc1NC(=O)c1ccc(S(=O)(=O)C(C)C)cc1. The third-order valence-electron chi connectivity index (χ3n) is 4.26. The first-order valence-electron chi connectivity index (χ1n) is 8.92. The average Bonchev–Trinajstić information content (AvgIpc) is 2.67. The van der Waals surface area contributed by atoms with Crippen LogP contribution in [0.1, 0.15) is 40.1 Å². The topological polar surface area (TPSA) is 92.3 Å². The molecule has 2 aromatic rings. The molecule has 162 valence electrons. The van der Waals surface area contributed by atoms with Gasteiger partial charge in [0.2, 0.25) is 0 Å². The molecular formula is C20H21F3N2O4S. The molecule has 6 nitrogen and oxygen atoms in total. The zero-order chi connectivity index (χ0) is 22.7. The summed E-state index contributed by atoms with van der Waals surface area (Å²) in [6, 6.07) is 9.51. The molecule has 0 unspecified atom stereocenters. The van der Waals surface area contributed by atoms with Gasteiger partial charge >= 0.3 is 6.18 Å². The Bertz CT molecular complexity index is 1050. The number of halogens is 3. The number of anilines is 1. The van der Waals surface area contributed by atoms with Gasteiger partial charge in [-0.2, -0.15) is 13.2 Å². The van der Waals surface area contributed by atoms with E-state index in [0.717, 1.165) is 0 Å². The van der Waals surface area contributed by atoms with Crippen molar-refractivity contribution in [2.45, 2.75) is 37.1 Å². The zero-order valence-electron chi connectivity index (χ0n) is 16.5. The van der Waals surface area contributed by atoms with E-state index >= 15 is 0 Å². The van der Waals surface area contributed by atoms with Crippen LogP contribution in [0.4, 0.5) is 18.9 Å². The van der Waals surface area contributed by atoms with Gasteiger partial charge in [0.15, 0.2) is 9.84 Å². The molecular weight excluding hydrogens is 421 g/mol. The summed E-state index contributed by atoms with van der Waals surface area (Å²) < 4.78 is 61.1. The molecule has 0 aromatic heterocycles. The molecule has 0 heterocycles. The molecule has 0 fully saturated rings. The molecule has 10 heteroatoms. The van der Waals surface area contributed by atoms with Crippen LogP contribution in [0.3, 0.4) is 0 Å². The Labute approximate surface area is 172 Å². The molecule has 0 saturated heterocycles. The van der Waals surface area contributed by atoms with Crippen molar-refractivity contribution >= 4 is 27.3 Å². The first-order chi connectivity index (χ1) is 13.8. The summed E-state index contributed by atoms with van der Waals surface area (Å²) >= 11 is 0.